The van der Waals surface area contributed by atoms with Crippen LogP contribution < -0.4 is 0 Å². The highest BCUT2D eigenvalue weighted by Gasteiger charge is 2.35. The molecule has 4 nitrogen and oxygen atoms in total. The fourth-order valence-electron chi connectivity index (χ4n) is 4.46. The number of H-pyrrole nitrogens is 1. The topological polar surface area (TPSA) is 49.0 Å². The lowest BCUT2D eigenvalue weighted by atomic mass is 9.91. The van der Waals surface area contributed by atoms with E-state index in [1.165, 1.54) is 16.5 Å². The summed E-state index contributed by atoms with van der Waals surface area (Å²) in [5.41, 5.74) is 7.22. The van der Waals surface area contributed by atoms with Gasteiger partial charge >= 0.3 is 0 Å². The maximum atomic E-state index is 13.5. The predicted molar refractivity (Wildman–Crippen MR) is 115 cm³/mol. The molecule has 144 valence electrons. The highest BCUT2D eigenvalue weighted by Crippen LogP contribution is 2.39. The summed E-state index contributed by atoms with van der Waals surface area (Å²) in [5.74, 6) is -0.0236. The molecule has 1 aliphatic heterocycles. The van der Waals surface area contributed by atoms with E-state index in [9.17, 15) is 4.79 Å². The average molecular weight is 381 g/mol. The zero-order chi connectivity index (χ0) is 20.0. The van der Waals surface area contributed by atoms with Gasteiger partial charge in [0.2, 0.25) is 0 Å². The number of aromatic amines is 1. The molecule has 4 heteroatoms. The molecule has 1 atom stereocenters. The van der Waals surface area contributed by atoms with E-state index in [0.717, 1.165) is 28.9 Å². The first-order chi connectivity index (χ1) is 14.1. The highest BCUT2D eigenvalue weighted by atomic mass is 16.2. The molecule has 0 saturated heterocycles. The number of carbonyl (C=O) groups excluding carboxylic acids is 1. The van der Waals surface area contributed by atoms with Gasteiger partial charge in [-0.2, -0.15) is 0 Å². The summed E-state index contributed by atoms with van der Waals surface area (Å²) in [6, 6.07) is 22.3. The fraction of sp³-hybridized carbons (Fsp3) is 0.200. The first-order valence-electron chi connectivity index (χ1n) is 10.0. The minimum absolute atomic E-state index is 0.0236. The van der Waals surface area contributed by atoms with Crippen molar-refractivity contribution >= 4 is 16.8 Å². The Bertz CT molecular complexity index is 1220. The minimum atomic E-state index is -0.152. The molecule has 0 saturated carbocycles. The normalized spacial score (nSPS) is 16.1. The first-order valence-corrected chi connectivity index (χ1v) is 10.0. The highest BCUT2D eigenvalue weighted by molar-refractivity contribution is 5.94. The van der Waals surface area contributed by atoms with Crippen LogP contribution in [0.1, 0.15) is 44.6 Å². The van der Waals surface area contributed by atoms with Crippen LogP contribution in [0, 0.1) is 13.8 Å². The van der Waals surface area contributed by atoms with E-state index in [4.69, 9.17) is 0 Å². The predicted octanol–water partition coefficient (Wildman–Crippen LogP) is 4.97. The Morgan fingerprint density at radius 1 is 1.03 bits per heavy atom. The molecule has 0 aliphatic carbocycles. The Morgan fingerprint density at radius 3 is 2.69 bits per heavy atom. The molecular weight excluding hydrogens is 358 g/mol. The molecule has 2 aromatic heterocycles. The molecule has 0 radical (unpaired) electrons. The van der Waals surface area contributed by atoms with Crippen LogP contribution in [0.4, 0.5) is 0 Å². The minimum Gasteiger partial charge on any atom is -0.356 e. The molecule has 1 amide bonds. The molecule has 0 spiro atoms. The molecule has 0 bridgehead atoms. The Labute approximate surface area is 170 Å². The summed E-state index contributed by atoms with van der Waals surface area (Å²) < 4.78 is 0. The number of aryl methyl sites for hydroxylation is 2. The zero-order valence-electron chi connectivity index (χ0n) is 16.6. The molecule has 1 aliphatic rings. The second kappa shape index (κ2) is 6.89. The van der Waals surface area contributed by atoms with Crippen molar-refractivity contribution < 1.29 is 4.79 Å². The van der Waals surface area contributed by atoms with E-state index in [0.29, 0.717) is 12.2 Å². The van der Waals surface area contributed by atoms with Crippen molar-refractivity contribution in [3.8, 4) is 0 Å². The van der Waals surface area contributed by atoms with Crippen molar-refractivity contribution in [1.29, 1.82) is 0 Å². The van der Waals surface area contributed by atoms with E-state index in [1.54, 1.807) is 0 Å². The number of aromatic nitrogens is 2. The summed E-state index contributed by atoms with van der Waals surface area (Å²) in [5, 5.41) is 1.25. The number of fused-ring (bicyclic) bond motifs is 3. The number of nitrogens with one attached hydrogen (secondary N) is 1. The number of hydrogen-bond acceptors (Lipinski definition) is 2. The summed E-state index contributed by atoms with van der Waals surface area (Å²) in [7, 11) is 0. The average Bonchev–Trinajstić information content (AvgIpc) is 3.11. The zero-order valence-corrected chi connectivity index (χ0v) is 16.6. The Hall–Kier alpha value is -3.40. The van der Waals surface area contributed by atoms with Gasteiger partial charge in [0.05, 0.1) is 6.04 Å². The smallest absolute Gasteiger partial charge is 0.273 e. The van der Waals surface area contributed by atoms with Gasteiger partial charge in [0.15, 0.2) is 0 Å². The SMILES string of the molecule is Cc1cccc([C@H]2c3[nH]c4ccccc4c3CCN2C(=O)c2cccc(C)n2)c1. The van der Waals surface area contributed by atoms with Gasteiger partial charge in [0.1, 0.15) is 5.69 Å². The van der Waals surface area contributed by atoms with Crippen LogP contribution in [0.15, 0.2) is 66.7 Å². The van der Waals surface area contributed by atoms with E-state index in [1.807, 2.05) is 36.1 Å². The third-order valence-electron chi connectivity index (χ3n) is 5.76. The maximum absolute atomic E-state index is 13.5. The van der Waals surface area contributed by atoms with Gasteiger partial charge < -0.3 is 9.88 Å². The van der Waals surface area contributed by atoms with E-state index in [2.05, 4.69) is 59.4 Å². The van der Waals surface area contributed by atoms with Crippen molar-refractivity contribution in [3.63, 3.8) is 0 Å². The number of para-hydroxylation sites is 1. The van der Waals surface area contributed by atoms with Gasteiger partial charge in [-0.05, 0) is 49.6 Å². The van der Waals surface area contributed by atoms with Crippen LogP contribution in [0.5, 0.6) is 0 Å². The lowest BCUT2D eigenvalue weighted by Crippen LogP contribution is -2.41. The lowest BCUT2D eigenvalue weighted by Gasteiger charge is -2.36. The van der Waals surface area contributed by atoms with Crippen LogP contribution in [0.25, 0.3) is 10.9 Å². The van der Waals surface area contributed by atoms with Crippen molar-refractivity contribution in [3.05, 3.63) is 101 Å². The fourth-order valence-corrected chi connectivity index (χ4v) is 4.46. The third-order valence-corrected chi connectivity index (χ3v) is 5.76. The van der Waals surface area contributed by atoms with Crippen LogP contribution in [-0.4, -0.2) is 27.3 Å². The monoisotopic (exact) mass is 381 g/mol. The second-order valence-corrected chi connectivity index (χ2v) is 7.79. The van der Waals surface area contributed by atoms with Crippen molar-refractivity contribution in [1.82, 2.24) is 14.9 Å². The number of rotatable bonds is 2. The number of pyridine rings is 1. The van der Waals surface area contributed by atoms with Gasteiger partial charge in [0, 0.05) is 28.8 Å². The summed E-state index contributed by atoms with van der Waals surface area (Å²) >= 11 is 0. The number of amides is 1. The van der Waals surface area contributed by atoms with Crippen LogP contribution in [0.2, 0.25) is 0 Å². The van der Waals surface area contributed by atoms with E-state index < -0.39 is 0 Å². The van der Waals surface area contributed by atoms with E-state index >= 15 is 0 Å². The molecule has 1 N–H and O–H groups in total. The number of benzene rings is 2. The molecule has 0 unspecified atom stereocenters. The first kappa shape index (κ1) is 17.7. The number of hydrogen-bond donors (Lipinski definition) is 1. The van der Waals surface area contributed by atoms with Crippen molar-refractivity contribution in [2.24, 2.45) is 0 Å². The molecule has 3 heterocycles. The third kappa shape index (κ3) is 3.01. The van der Waals surface area contributed by atoms with Gasteiger partial charge in [0.25, 0.3) is 5.91 Å². The van der Waals surface area contributed by atoms with Crippen molar-refractivity contribution in [2.75, 3.05) is 6.54 Å². The van der Waals surface area contributed by atoms with Gasteiger partial charge in [-0.15, -0.1) is 0 Å². The molecule has 0 fully saturated rings. The Morgan fingerprint density at radius 2 is 1.86 bits per heavy atom. The summed E-state index contributed by atoms with van der Waals surface area (Å²) in [6.07, 6.45) is 0.833. The molecule has 4 aromatic rings. The summed E-state index contributed by atoms with van der Waals surface area (Å²) in [6.45, 7) is 4.68. The molecular formula is C25H23N3O. The lowest BCUT2D eigenvalue weighted by molar-refractivity contribution is 0.0685. The quantitative estimate of drug-likeness (QED) is 0.533. The van der Waals surface area contributed by atoms with Gasteiger partial charge in [-0.1, -0.05) is 54.1 Å². The van der Waals surface area contributed by atoms with Gasteiger partial charge in [-0.25, -0.2) is 4.98 Å². The van der Waals surface area contributed by atoms with Crippen LogP contribution in [0.3, 0.4) is 0 Å². The molecule has 29 heavy (non-hydrogen) atoms. The summed E-state index contributed by atoms with van der Waals surface area (Å²) in [4.78, 5) is 23.6. The van der Waals surface area contributed by atoms with E-state index in [-0.39, 0.29) is 11.9 Å². The van der Waals surface area contributed by atoms with Crippen LogP contribution in [-0.2, 0) is 6.42 Å². The number of carbonyl (C=O) groups is 1. The standard InChI is InChI=1S/C25H23N3O/c1-16-7-5-9-18(15-16)24-23-20(19-10-3-4-11-21(19)27-23)13-14-28(24)25(29)22-12-6-8-17(2)26-22/h3-12,15,24,27H,13-14H2,1-2H3/t24-/m0/s1. The van der Waals surface area contributed by atoms with Crippen molar-refractivity contribution in [2.45, 2.75) is 26.3 Å². The largest absolute Gasteiger partial charge is 0.356 e. The maximum Gasteiger partial charge on any atom is 0.273 e. The van der Waals surface area contributed by atoms with Crippen LogP contribution >= 0.6 is 0 Å². The second-order valence-electron chi connectivity index (χ2n) is 7.79. The number of nitrogens with zero attached hydrogens (tertiary/aromatic N) is 2. The molecule has 2 aromatic carbocycles. The Kier molecular flexibility index (Phi) is 4.20. The Balaban J connectivity index is 1.68. The van der Waals surface area contributed by atoms with Gasteiger partial charge in [-0.3, -0.25) is 4.79 Å². The molecule has 5 rings (SSSR count).